The summed E-state index contributed by atoms with van der Waals surface area (Å²) in [6.45, 7) is 6.36. The summed E-state index contributed by atoms with van der Waals surface area (Å²) in [5.74, 6) is 0. The molecule has 0 spiro atoms. The van der Waals surface area contributed by atoms with Crippen LogP contribution in [0.4, 0.5) is 0 Å². The van der Waals surface area contributed by atoms with Gasteiger partial charge in [-0.25, -0.2) is 0 Å². The highest BCUT2D eigenvalue weighted by Crippen LogP contribution is 2.26. The highest BCUT2D eigenvalue weighted by atomic mass is 35.5. The van der Waals surface area contributed by atoms with Gasteiger partial charge < -0.3 is 5.32 Å². The normalized spacial score (nSPS) is 17.2. The first kappa shape index (κ1) is 13.9. The van der Waals surface area contributed by atoms with Crippen LogP contribution in [0.5, 0.6) is 0 Å². The van der Waals surface area contributed by atoms with Gasteiger partial charge in [-0.15, -0.1) is 0 Å². The summed E-state index contributed by atoms with van der Waals surface area (Å²) in [7, 11) is 2.23. The van der Waals surface area contributed by atoms with Gasteiger partial charge in [-0.3, -0.25) is 4.90 Å². The molecule has 2 nitrogen and oxygen atoms in total. The quantitative estimate of drug-likeness (QED) is 0.851. The molecule has 1 aromatic rings. The van der Waals surface area contributed by atoms with Gasteiger partial charge in [-0.2, -0.15) is 0 Å². The fraction of sp³-hybridized carbons (Fsp3) is 0.600. The van der Waals surface area contributed by atoms with Gasteiger partial charge in [0.05, 0.1) is 0 Å². The van der Waals surface area contributed by atoms with Crippen LogP contribution in [0.3, 0.4) is 0 Å². The molecule has 2 rings (SSSR count). The van der Waals surface area contributed by atoms with Crippen LogP contribution in [0, 0.1) is 6.92 Å². The second-order valence-electron chi connectivity index (χ2n) is 5.45. The van der Waals surface area contributed by atoms with Crippen LogP contribution in [0.15, 0.2) is 18.2 Å². The molecule has 1 saturated carbocycles. The minimum atomic E-state index is 0.602. The van der Waals surface area contributed by atoms with E-state index in [4.69, 9.17) is 11.6 Å². The molecule has 0 heterocycles. The number of hydrogen-bond donors (Lipinski definition) is 1. The summed E-state index contributed by atoms with van der Waals surface area (Å²) >= 11 is 5.96. The van der Waals surface area contributed by atoms with Crippen molar-refractivity contribution in [1.29, 1.82) is 0 Å². The molecule has 1 N–H and O–H groups in total. The summed E-state index contributed by atoms with van der Waals surface area (Å²) in [4.78, 5) is 2.49. The van der Waals surface area contributed by atoms with Crippen molar-refractivity contribution < 1.29 is 0 Å². The van der Waals surface area contributed by atoms with Crippen LogP contribution in [0.25, 0.3) is 0 Å². The highest BCUT2D eigenvalue weighted by molar-refractivity contribution is 6.30. The van der Waals surface area contributed by atoms with Crippen molar-refractivity contribution in [3.05, 3.63) is 34.3 Å². The Morgan fingerprint density at radius 3 is 2.78 bits per heavy atom. The molecule has 0 radical (unpaired) electrons. The highest BCUT2D eigenvalue weighted by Gasteiger charge is 2.28. The number of halogens is 1. The molecule has 0 bridgehead atoms. The van der Waals surface area contributed by atoms with Crippen molar-refractivity contribution in [3.63, 3.8) is 0 Å². The van der Waals surface area contributed by atoms with Crippen LogP contribution in [-0.4, -0.2) is 30.6 Å². The molecular weight excluding hydrogens is 244 g/mol. The molecule has 3 heteroatoms. The van der Waals surface area contributed by atoms with E-state index in [9.17, 15) is 0 Å². The molecular formula is C15H23ClN2. The van der Waals surface area contributed by atoms with E-state index in [1.807, 2.05) is 12.1 Å². The third kappa shape index (κ3) is 3.71. The minimum Gasteiger partial charge on any atom is -0.311 e. The number of nitrogens with one attached hydrogen (secondary N) is 1. The fourth-order valence-corrected chi connectivity index (χ4v) is 2.49. The largest absolute Gasteiger partial charge is 0.311 e. The summed E-state index contributed by atoms with van der Waals surface area (Å²) in [5.41, 5.74) is 2.60. The number of nitrogens with zero attached hydrogens (tertiary/aromatic N) is 1. The maximum absolute atomic E-state index is 5.96. The molecule has 1 unspecified atom stereocenters. The van der Waals surface area contributed by atoms with E-state index in [0.717, 1.165) is 24.2 Å². The van der Waals surface area contributed by atoms with Crippen molar-refractivity contribution in [2.75, 3.05) is 13.6 Å². The lowest BCUT2D eigenvalue weighted by Crippen LogP contribution is -2.39. The number of rotatable bonds is 6. The summed E-state index contributed by atoms with van der Waals surface area (Å²) in [6.07, 6.45) is 2.74. The smallest absolute Gasteiger partial charge is 0.0408 e. The van der Waals surface area contributed by atoms with Gasteiger partial charge in [0.1, 0.15) is 0 Å². The summed E-state index contributed by atoms with van der Waals surface area (Å²) < 4.78 is 0. The molecule has 0 aliphatic heterocycles. The molecule has 1 aromatic carbocycles. The van der Waals surface area contributed by atoms with Crippen LogP contribution in [-0.2, 0) is 6.54 Å². The third-order valence-corrected chi connectivity index (χ3v) is 4.11. The predicted octanol–water partition coefficient (Wildman–Crippen LogP) is 3.22. The molecule has 18 heavy (non-hydrogen) atoms. The van der Waals surface area contributed by atoms with Crippen LogP contribution >= 0.6 is 11.6 Å². The predicted molar refractivity (Wildman–Crippen MR) is 78.1 cm³/mol. The van der Waals surface area contributed by atoms with Crippen molar-refractivity contribution >= 4 is 11.6 Å². The number of hydrogen-bond acceptors (Lipinski definition) is 2. The Hall–Kier alpha value is -0.570. The Labute approximate surface area is 115 Å². The molecule has 100 valence electrons. The van der Waals surface area contributed by atoms with Crippen LogP contribution in [0.2, 0.25) is 5.02 Å². The Morgan fingerprint density at radius 2 is 2.17 bits per heavy atom. The molecule has 0 aromatic heterocycles. The molecule has 1 fully saturated rings. The zero-order valence-corrected chi connectivity index (χ0v) is 12.3. The minimum absolute atomic E-state index is 0.602. The van der Waals surface area contributed by atoms with E-state index >= 15 is 0 Å². The molecule has 1 atom stereocenters. The van der Waals surface area contributed by atoms with E-state index in [1.165, 1.54) is 24.0 Å². The monoisotopic (exact) mass is 266 g/mol. The van der Waals surface area contributed by atoms with Crippen molar-refractivity contribution in [1.82, 2.24) is 10.2 Å². The summed E-state index contributed by atoms with van der Waals surface area (Å²) in [6, 6.07) is 7.54. The zero-order valence-electron chi connectivity index (χ0n) is 11.5. The molecule has 1 aliphatic carbocycles. The van der Waals surface area contributed by atoms with Crippen LogP contribution in [0.1, 0.15) is 30.9 Å². The number of benzene rings is 1. The maximum Gasteiger partial charge on any atom is 0.0408 e. The Morgan fingerprint density at radius 1 is 1.44 bits per heavy atom. The van der Waals surface area contributed by atoms with Gasteiger partial charge in [-0.1, -0.05) is 17.7 Å². The first-order chi connectivity index (χ1) is 8.58. The van der Waals surface area contributed by atoms with E-state index in [1.54, 1.807) is 0 Å². The lowest BCUT2D eigenvalue weighted by molar-refractivity contribution is 0.241. The fourth-order valence-electron chi connectivity index (χ4n) is 2.26. The van der Waals surface area contributed by atoms with Gasteiger partial charge in [0.25, 0.3) is 0 Å². The van der Waals surface area contributed by atoms with Gasteiger partial charge in [0.15, 0.2) is 0 Å². The van der Waals surface area contributed by atoms with Crippen molar-refractivity contribution in [3.8, 4) is 0 Å². The van der Waals surface area contributed by atoms with E-state index in [-0.39, 0.29) is 0 Å². The van der Waals surface area contributed by atoms with E-state index < -0.39 is 0 Å². The molecule has 1 aliphatic rings. The number of aryl methyl sites for hydroxylation is 1. The topological polar surface area (TPSA) is 15.3 Å². The van der Waals surface area contributed by atoms with Gasteiger partial charge in [-0.05, 0) is 57.0 Å². The van der Waals surface area contributed by atoms with Gasteiger partial charge >= 0.3 is 0 Å². The second-order valence-corrected chi connectivity index (χ2v) is 5.88. The first-order valence-corrected chi connectivity index (χ1v) is 7.13. The number of likely N-dealkylation sites (N-methyl/N-ethyl adjacent to an activating group) is 1. The van der Waals surface area contributed by atoms with Gasteiger partial charge in [0.2, 0.25) is 0 Å². The zero-order chi connectivity index (χ0) is 13.1. The maximum atomic E-state index is 5.96. The standard InChI is InChI=1S/C15H23ClN2/c1-11-8-14(16)5-4-13(11)10-17-9-12(2)18(3)15-6-7-15/h4-5,8,12,15,17H,6-7,9-10H2,1-3H3. The SMILES string of the molecule is Cc1cc(Cl)ccc1CNCC(C)N(C)C1CC1. The van der Waals surface area contributed by atoms with Gasteiger partial charge in [0, 0.05) is 30.2 Å². The second kappa shape index (κ2) is 6.05. The van der Waals surface area contributed by atoms with Crippen molar-refractivity contribution in [2.45, 2.75) is 45.3 Å². The Balaban J connectivity index is 1.77. The Kier molecular flexibility index (Phi) is 4.66. The lowest BCUT2D eigenvalue weighted by atomic mass is 10.1. The third-order valence-electron chi connectivity index (χ3n) is 3.88. The van der Waals surface area contributed by atoms with Crippen molar-refractivity contribution in [2.24, 2.45) is 0 Å². The average Bonchev–Trinajstić information content (AvgIpc) is 3.15. The Bertz CT molecular complexity index is 401. The van der Waals surface area contributed by atoms with Crippen LogP contribution < -0.4 is 5.32 Å². The first-order valence-electron chi connectivity index (χ1n) is 6.75. The molecule has 0 saturated heterocycles. The molecule has 0 amide bonds. The average molecular weight is 267 g/mol. The van der Waals surface area contributed by atoms with E-state index in [2.05, 4.69) is 37.2 Å². The lowest BCUT2D eigenvalue weighted by Gasteiger charge is -2.24. The van der Waals surface area contributed by atoms with E-state index in [0.29, 0.717) is 6.04 Å². The summed E-state index contributed by atoms with van der Waals surface area (Å²) in [5, 5.41) is 4.36.